The van der Waals surface area contributed by atoms with Crippen molar-refractivity contribution in [2.75, 3.05) is 5.88 Å². The summed E-state index contributed by atoms with van der Waals surface area (Å²) in [6.07, 6.45) is 1.01. The Morgan fingerprint density at radius 3 is 2.89 bits per heavy atom. The molecule has 1 rings (SSSR count). The lowest BCUT2D eigenvalue weighted by Gasteiger charge is -1.91. The summed E-state index contributed by atoms with van der Waals surface area (Å²) in [4.78, 5) is 1.40. The molecule has 0 saturated heterocycles. The molecule has 0 fully saturated rings. The van der Waals surface area contributed by atoms with E-state index in [2.05, 4.69) is 18.4 Å². The molecule has 0 N–H and O–H groups in total. The Bertz CT molecular complexity index is 181. The van der Waals surface area contributed by atoms with Gasteiger partial charge in [0.1, 0.15) is 0 Å². The molecule has 0 saturated carbocycles. The first kappa shape index (κ1) is 7.10. The SMILES string of the molecule is Cc1sccc1CCCl. The van der Waals surface area contributed by atoms with E-state index in [-0.39, 0.29) is 0 Å². The van der Waals surface area contributed by atoms with Gasteiger partial charge in [0.15, 0.2) is 0 Å². The third-order valence-corrected chi connectivity index (χ3v) is 2.41. The van der Waals surface area contributed by atoms with Crippen molar-refractivity contribution in [3.05, 3.63) is 21.9 Å². The summed E-state index contributed by atoms with van der Waals surface area (Å²) in [5, 5.41) is 2.11. The zero-order valence-corrected chi connectivity index (χ0v) is 6.93. The lowest BCUT2D eigenvalue weighted by molar-refractivity contribution is 1.14. The molecule has 0 atom stereocenters. The summed E-state index contributed by atoms with van der Waals surface area (Å²) in [5.41, 5.74) is 1.40. The van der Waals surface area contributed by atoms with Crippen molar-refractivity contribution >= 4 is 22.9 Å². The molecule has 0 aliphatic rings. The Morgan fingerprint density at radius 2 is 2.44 bits per heavy atom. The number of alkyl halides is 1. The van der Waals surface area contributed by atoms with E-state index in [9.17, 15) is 0 Å². The fourth-order valence-electron chi connectivity index (χ4n) is 0.772. The zero-order valence-electron chi connectivity index (χ0n) is 5.36. The van der Waals surface area contributed by atoms with Gasteiger partial charge < -0.3 is 0 Å². The van der Waals surface area contributed by atoms with Crippen molar-refractivity contribution < 1.29 is 0 Å². The second kappa shape index (κ2) is 3.23. The molecule has 0 aliphatic heterocycles. The van der Waals surface area contributed by atoms with Gasteiger partial charge in [-0.05, 0) is 30.4 Å². The monoisotopic (exact) mass is 160 g/mol. The van der Waals surface area contributed by atoms with E-state index < -0.39 is 0 Å². The number of hydrogen-bond donors (Lipinski definition) is 0. The molecule has 1 aromatic rings. The summed E-state index contributed by atoms with van der Waals surface area (Å²) < 4.78 is 0. The van der Waals surface area contributed by atoms with Crippen LogP contribution in [0.15, 0.2) is 11.4 Å². The highest BCUT2D eigenvalue weighted by Gasteiger charge is 1.95. The average molecular weight is 161 g/mol. The third kappa shape index (κ3) is 1.70. The molecule has 0 bridgehead atoms. The Labute approximate surface area is 64.5 Å². The molecule has 9 heavy (non-hydrogen) atoms. The highest BCUT2D eigenvalue weighted by atomic mass is 35.5. The van der Waals surface area contributed by atoms with Crippen molar-refractivity contribution in [1.82, 2.24) is 0 Å². The molecule has 2 heteroatoms. The molecule has 1 heterocycles. The lowest BCUT2D eigenvalue weighted by Crippen LogP contribution is -1.83. The number of hydrogen-bond acceptors (Lipinski definition) is 1. The quantitative estimate of drug-likeness (QED) is 0.584. The van der Waals surface area contributed by atoms with E-state index in [0.717, 1.165) is 12.3 Å². The van der Waals surface area contributed by atoms with Crippen LogP contribution in [0.1, 0.15) is 10.4 Å². The van der Waals surface area contributed by atoms with Crippen molar-refractivity contribution in [2.45, 2.75) is 13.3 Å². The third-order valence-electron chi connectivity index (χ3n) is 1.33. The van der Waals surface area contributed by atoms with Crippen LogP contribution >= 0.6 is 22.9 Å². The highest BCUT2D eigenvalue weighted by Crippen LogP contribution is 2.15. The van der Waals surface area contributed by atoms with Gasteiger partial charge in [0, 0.05) is 10.8 Å². The van der Waals surface area contributed by atoms with Gasteiger partial charge in [0.2, 0.25) is 0 Å². The normalized spacial score (nSPS) is 10.0. The molecule has 1 aromatic heterocycles. The maximum absolute atomic E-state index is 5.57. The van der Waals surface area contributed by atoms with Crippen molar-refractivity contribution in [2.24, 2.45) is 0 Å². The van der Waals surface area contributed by atoms with Crippen LogP contribution in [-0.4, -0.2) is 5.88 Å². The Kier molecular flexibility index (Phi) is 2.55. The van der Waals surface area contributed by atoms with E-state index in [1.807, 2.05) is 0 Å². The maximum atomic E-state index is 5.57. The van der Waals surface area contributed by atoms with Crippen LogP contribution in [0.2, 0.25) is 0 Å². The van der Waals surface area contributed by atoms with Gasteiger partial charge in [-0.3, -0.25) is 0 Å². The summed E-state index contributed by atoms with van der Waals surface area (Å²) in [7, 11) is 0. The van der Waals surface area contributed by atoms with Crippen molar-refractivity contribution in [3.63, 3.8) is 0 Å². The van der Waals surface area contributed by atoms with Crippen LogP contribution in [-0.2, 0) is 6.42 Å². The maximum Gasteiger partial charge on any atom is 0.0264 e. The first-order valence-electron chi connectivity index (χ1n) is 2.93. The van der Waals surface area contributed by atoms with Gasteiger partial charge in [0.05, 0.1) is 0 Å². The Balaban J connectivity index is 2.69. The molecular formula is C7H9ClS. The second-order valence-corrected chi connectivity index (χ2v) is 3.44. The van der Waals surface area contributed by atoms with Crippen LogP contribution in [0.4, 0.5) is 0 Å². The molecule has 0 spiro atoms. The second-order valence-electron chi connectivity index (χ2n) is 1.94. The van der Waals surface area contributed by atoms with E-state index in [1.54, 1.807) is 11.3 Å². The summed E-state index contributed by atoms with van der Waals surface area (Å²) in [6.45, 7) is 2.13. The molecule has 50 valence electrons. The molecule has 0 unspecified atom stereocenters. The minimum atomic E-state index is 0.734. The van der Waals surface area contributed by atoms with Gasteiger partial charge in [-0.1, -0.05) is 0 Å². The van der Waals surface area contributed by atoms with Crippen LogP contribution in [0.3, 0.4) is 0 Å². The lowest BCUT2D eigenvalue weighted by atomic mass is 10.2. The minimum Gasteiger partial charge on any atom is -0.149 e. The topological polar surface area (TPSA) is 0 Å². The smallest absolute Gasteiger partial charge is 0.0264 e. The van der Waals surface area contributed by atoms with Gasteiger partial charge in [-0.15, -0.1) is 22.9 Å². The highest BCUT2D eigenvalue weighted by molar-refractivity contribution is 7.10. The number of rotatable bonds is 2. The molecule has 0 amide bonds. The molecular weight excluding hydrogens is 152 g/mol. The van der Waals surface area contributed by atoms with Crippen LogP contribution in [0, 0.1) is 6.92 Å². The standard InChI is InChI=1S/C7H9ClS/c1-6-7(2-4-8)3-5-9-6/h3,5H,2,4H2,1H3. The van der Waals surface area contributed by atoms with E-state index in [0.29, 0.717) is 0 Å². The first-order chi connectivity index (χ1) is 4.34. The summed E-state index contributed by atoms with van der Waals surface area (Å²) in [6, 6.07) is 2.14. The predicted octanol–water partition coefficient (Wildman–Crippen LogP) is 2.84. The van der Waals surface area contributed by atoms with Crippen molar-refractivity contribution in [3.8, 4) is 0 Å². The fourth-order valence-corrected chi connectivity index (χ4v) is 1.73. The first-order valence-corrected chi connectivity index (χ1v) is 4.35. The van der Waals surface area contributed by atoms with Crippen molar-refractivity contribution in [1.29, 1.82) is 0 Å². The van der Waals surface area contributed by atoms with Crippen LogP contribution in [0.5, 0.6) is 0 Å². The largest absolute Gasteiger partial charge is 0.149 e. The average Bonchev–Trinajstić information content (AvgIpc) is 2.18. The zero-order chi connectivity index (χ0) is 6.69. The van der Waals surface area contributed by atoms with Gasteiger partial charge in [0.25, 0.3) is 0 Å². The summed E-state index contributed by atoms with van der Waals surface area (Å²) >= 11 is 7.36. The van der Waals surface area contributed by atoms with Gasteiger partial charge in [-0.25, -0.2) is 0 Å². The minimum absolute atomic E-state index is 0.734. The molecule has 0 radical (unpaired) electrons. The number of halogens is 1. The van der Waals surface area contributed by atoms with Gasteiger partial charge in [-0.2, -0.15) is 0 Å². The molecule has 0 nitrogen and oxygen atoms in total. The summed E-state index contributed by atoms with van der Waals surface area (Å²) in [5.74, 6) is 0.734. The van der Waals surface area contributed by atoms with E-state index in [4.69, 9.17) is 11.6 Å². The molecule has 0 aromatic carbocycles. The van der Waals surface area contributed by atoms with E-state index in [1.165, 1.54) is 10.4 Å². The van der Waals surface area contributed by atoms with Crippen LogP contribution in [0.25, 0.3) is 0 Å². The number of thiophene rings is 1. The van der Waals surface area contributed by atoms with Gasteiger partial charge >= 0.3 is 0 Å². The predicted molar refractivity (Wildman–Crippen MR) is 43.5 cm³/mol. The number of aryl methyl sites for hydroxylation is 2. The van der Waals surface area contributed by atoms with E-state index >= 15 is 0 Å². The fraction of sp³-hybridized carbons (Fsp3) is 0.429. The molecule has 0 aliphatic carbocycles. The Morgan fingerprint density at radius 1 is 1.67 bits per heavy atom. The Hall–Kier alpha value is -0.0100. The van der Waals surface area contributed by atoms with Crippen LogP contribution < -0.4 is 0 Å².